The standard InChI is InChI=1S/C9H8N6O/c1-5(16)6-4-7-9(11-6)15(14-12-7)8-2-3-10-13-8/h2-4,11H,1H3,(H,10,13). The maximum absolute atomic E-state index is 11.2. The van der Waals surface area contributed by atoms with E-state index in [0.29, 0.717) is 22.7 Å². The van der Waals surface area contributed by atoms with Gasteiger partial charge in [-0.25, -0.2) is 0 Å². The Balaban J connectivity index is 2.23. The fraction of sp³-hybridized carbons (Fsp3) is 0.111. The number of Topliss-reactive ketones (excluding diaryl/α,β-unsaturated/α-hetero) is 1. The van der Waals surface area contributed by atoms with Crippen LogP contribution in [0.15, 0.2) is 18.3 Å². The first-order valence-electron chi connectivity index (χ1n) is 4.71. The summed E-state index contributed by atoms with van der Waals surface area (Å²) in [5, 5.41) is 14.5. The Hall–Kier alpha value is -2.44. The number of carbonyl (C=O) groups excluding carboxylic acids is 1. The van der Waals surface area contributed by atoms with E-state index in [1.165, 1.54) is 6.92 Å². The van der Waals surface area contributed by atoms with Crippen molar-refractivity contribution in [1.82, 2.24) is 30.2 Å². The van der Waals surface area contributed by atoms with E-state index in [-0.39, 0.29) is 5.78 Å². The minimum absolute atomic E-state index is 0.0332. The van der Waals surface area contributed by atoms with E-state index >= 15 is 0 Å². The molecular weight excluding hydrogens is 208 g/mol. The summed E-state index contributed by atoms with van der Waals surface area (Å²) >= 11 is 0. The summed E-state index contributed by atoms with van der Waals surface area (Å²) in [6.07, 6.45) is 1.62. The first-order valence-corrected chi connectivity index (χ1v) is 4.71. The summed E-state index contributed by atoms with van der Waals surface area (Å²) in [7, 11) is 0. The molecule has 7 heteroatoms. The third kappa shape index (κ3) is 1.14. The van der Waals surface area contributed by atoms with Crippen LogP contribution < -0.4 is 0 Å². The number of aromatic nitrogens is 6. The molecule has 0 atom stereocenters. The quantitative estimate of drug-likeness (QED) is 0.616. The van der Waals surface area contributed by atoms with Crippen molar-refractivity contribution < 1.29 is 4.79 Å². The summed E-state index contributed by atoms with van der Waals surface area (Å²) < 4.78 is 1.56. The topological polar surface area (TPSA) is 92.2 Å². The van der Waals surface area contributed by atoms with Crippen molar-refractivity contribution in [2.75, 3.05) is 0 Å². The maximum atomic E-state index is 11.2. The van der Waals surface area contributed by atoms with Gasteiger partial charge in [0.05, 0.1) is 11.9 Å². The van der Waals surface area contributed by atoms with E-state index < -0.39 is 0 Å². The molecule has 0 saturated heterocycles. The predicted molar refractivity (Wildman–Crippen MR) is 55.4 cm³/mol. The number of carbonyl (C=O) groups is 1. The van der Waals surface area contributed by atoms with Gasteiger partial charge in [0.25, 0.3) is 0 Å². The molecule has 0 aromatic carbocycles. The number of H-pyrrole nitrogens is 2. The zero-order valence-corrected chi connectivity index (χ0v) is 8.43. The van der Waals surface area contributed by atoms with Gasteiger partial charge in [-0.1, -0.05) is 5.21 Å². The number of ketones is 1. The second kappa shape index (κ2) is 3.02. The van der Waals surface area contributed by atoms with Crippen LogP contribution in [-0.4, -0.2) is 36.0 Å². The molecule has 0 saturated carbocycles. The number of fused-ring (bicyclic) bond motifs is 1. The summed E-state index contributed by atoms with van der Waals surface area (Å²) in [5.41, 5.74) is 1.85. The van der Waals surface area contributed by atoms with E-state index in [0.717, 1.165) is 0 Å². The van der Waals surface area contributed by atoms with Gasteiger partial charge in [-0.05, 0) is 6.07 Å². The molecule has 0 radical (unpaired) electrons. The zero-order chi connectivity index (χ0) is 11.1. The molecule has 3 aromatic heterocycles. The number of hydrogen-bond donors (Lipinski definition) is 2. The third-order valence-electron chi connectivity index (χ3n) is 2.32. The van der Waals surface area contributed by atoms with E-state index in [1.54, 1.807) is 23.0 Å². The van der Waals surface area contributed by atoms with Gasteiger partial charge in [-0.15, -0.1) is 5.10 Å². The lowest BCUT2D eigenvalue weighted by atomic mass is 10.3. The molecule has 0 unspecified atom stereocenters. The van der Waals surface area contributed by atoms with E-state index in [4.69, 9.17) is 0 Å². The third-order valence-corrected chi connectivity index (χ3v) is 2.32. The van der Waals surface area contributed by atoms with Crippen molar-refractivity contribution in [1.29, 1.82) is 0 Å². The van der Waals surface area contributed by atoms with E-state index in [9.17, 15) is 4.79 Å². The Labute approximate surface area is 89.5 Å². The first kappa shape index (κ1) is 8.84. The van der Waals surface area contributed by atoms with Crippen LogP contribution in [0.25, 0.3) is 17.0 Å². The van der Waals surface area contributed by atoms with Crippen molar-refractivity contribution in [3.05, 3.63) is 24.0 Å². The number of hydrogen-bond acceptors (Lipinski definition) is 4. The van der Waals surface area contributed by atoms with Gasteiger partial charge in [0.15, 0.2) is 17.2 Å². The molecule has 80 valence electrons. The van der Waals surface area contributed by atoms with Gasteiger partial charge >= 0.3 is 0 Å². The Bertz CT molecular complexity index is 647. The highest BCUT2D eigenvalue weighted by Crippen LogP contribution is 2.15. The largest absolute Gasteiger partial charge is 0.335 e. The number of nitrogens with zero attached hydrogens (tertiary/aromatic N) is 4. The molecule has 0 fully saturated rings. The average Bonchev–Trinajstić information content (AvgIpc) is 2.92. The van der Waals surface area contributed by atoms with Crippen LogP contribution in [0.5, 0.6) is 0 Å². The summed E-state index contributed by atoms with van der Waals surface area (Å²) in [6.45, 7) is 1.50. The number of rotatable bonds is 2. The second-order valence-corrected chi connectivity index (χ2v) is 3.42. The highest BCUT2D eigenvalue weighted by molar-refractivity contribution is 5.96. The van der Waals surface area contributed by atoms with E-state index in [2.05, 4.69) is 25.5 Å². The normalized spacial score (nSPS) is 11.1. The molecule has 0 bridgehead atoms. The van der Waals surface area contributed by atoms with Crippen molar-refractivity contribution >= 4 is 16.9 Å². The molecular formula is C9H8N6O. The lowest BCUT2D eigenvalue weighted by molar-refractivity contribution is 0.101. The summed E-state index contributed by atoms with van der Waals surface area (Å²) in [4.78, 5) is 14.2. The van der Waals surface area contributed by atoms with Gasteiger partial charge in [-0.3, -0.25) is 9.89 Å². The molecule has 7 nitrogen and oxygen atoms in total. The monoisotopic (exact) mass is 216 g/mol. The molecule has 3 heterocycles. The molecule has 0 aliphatic rings. The minimum Gasteiger partial charge on any atom is -0.335 e. The summed E-state index contributed by atoms with van der Waals surface area (Å²) in [6, 6.07) is 3.44. The zero-order valence-electron chi connectivity index (χ0n) is 8.43. The van der Waals surface area contributed by atoms with Crippen LogP contribution in [0.4, 0.5) is 0 Å². The van der Waals surface area contributed by atoms with Gasteiger partial charge < -0.3 is 4.98 Å². The Morgan fingerprint density at radius 1 is 1.50 bits per heavy atom. The van der Waals surface area contributed by atoms with Gasteiger partial charge in [0, 0.05) is 13.0 Å². The Morgan fingerprint density at radius 3 is 3.06 bits per heavy atom. The van der Waals surface area contributed by atoms with Crippen LogP contribution in [-0.2, 0) is 0 Å². The summed E-state index contributed by atoms with van der Waals surface area (Å²) in [5.74, 6) is 0.661. The van der Waals surface area contributed by atoms with Crippen LogP contribution >= 0.6 is 0 Å². The van der Waals surface area contributed by atoms with Crippen LogP contribution in [0.2, 0.25) is 0 Å². The van der Waals surface area contributed by atoms with Crippen LogP contribution in [0.3, 0.4) is 0 Å². The molecule has 3 rings (SSSR count). The Kier molecular flexibility index (Phi) is 1.67. The highest BCUT2D eigenvalue weighted by Gasteiger charge is 2.12. The van der Waals surface area contributed by atoms with Crippen molar-refractivity contribution in [2.45, 2.75) is 6.92 Å². The van der Waals surface area contributed by atoms with Crippen molar-refractivity contribution in [3.63, 3.8) is 0 Å². The minimum atomic E-state index is -0.0332. The highest BCUT2D eigenvalue weighted by atomic mass is 16.1. The number of aromatic amines is 2. The SMILES string of the molecule is CC(=O)c1cc2nnn(-c3ccn[nH]3)c2[nH]1. The van der Waals surface area contributed by atoms with Gasteiger partial charge in [0.2, 0.25) is 0 Å². The molecule has 0 aliphatic carbocycles. The Morgan fingerprint density at radius 2 is 2.38 bits per heavy atom. The first-order chi connectivity index (χ1) is 7.75. The number of nitrogens with one attached hydrogen (secondary N) is 2. The van der Waals surface area contributed by atoms with E-state index in [1.807, 2.05) is 0 Å². The molecule has 2 N–H and O–H groups in total. The van der Waals surface area contributed by atoms with Crippen LogP contribution in [0, 0.1) is 0 Å². The lowest BCUT2D eigenvalue weighted by Crippen LogP contribution is -1.99. The molecule has 3 aromatic rings. The van der Waals surface area contributed by atoms with Gasteiger partial charge in [-0.2, -0.15) is 9.78 Å². The predicted octanol–water partition coefficient (Wildman–Crippen LogP) is 0.674. The van der Waals surface area contributed by atoms with Crippen molar-refractivity contribution in [3.8, 4) is 5.82 Å². The van der Waals surface area contributed by atoms with Gasteiger partial charge in [0.1, 0.15) is 5.52 Å². The molecule has 0 aliphatic heterocycles. The molecule has 16 heavy (non-hydrogen) atoms. The molecule has 0 amide bonds. The molecule has 0 spiro atoms. The average molecular weight is 216 g/mol. The fourth-order valence-electron chi connectivity index (χ4n) is 1.53. The lowest BCUT2D eigenvalue weighted by Gasteiger charge is -1.94. The second-order valence-electron chi connectivity index (χ2n) is 3.42. The smallest absolute Gasteiger partial charge is 0.176 e. The van der Waals surface area contributed by atoms with Crippen LogP contribution in [0.1, 0.15) is 17.4 Å². The fourth-order valence-corrected chi connectivity index (χ4v) is 1.53. The van der Waals surface area contributed by atoms with Crippen molar-refractivity contribution in [2.24, 2.45) is 0 Å². The maximum Gasteiger partial charge on any atom is 0.176 e.